The fraction of sp³-hybridized carbons (Fsp3) is 1.00. The molecule has 0 saturated carbocycles. The molecular weight excluding hydrogens is 306 g/mol. The molecule has 0 rings (SSSR count). The summed E-state index contributed by atoms with van der Waals surface area (Å²) in [6, 6.07) is 0.409. The van der Waals surface area contributed by atoms with Gasteiger partial charge in [-0.05, 0) is 12.8 Å². The molecule has 0 fully saturated rings. The zero-order valence-electron chi connectivity index (χ0n) is 18.2. The number of hydrogen-bond acceptors (Lipinski definition) is 1. The fourth-order valence-electron chi connectivity index (χ4n) is 3.89. The molecule has 25 heavy (non-hydrogen) atoms. The summed E-state index contributed by atoms with van der Waals surface area (Å²) in [5.74, 6) is 0. The minimum atomic E-state index is 0.134. The fourth-order valence-corrected chi connectivity index (χ4v) is 3.89. The van der Waals surface area contributed by atoms with Crippen molar-refractivity contribution >= 4 is 0 Å². The third-order valence-corrected chi connectivity index (χ3v) is 5.76. The van der Waals surface area contributed by atoms with Gasteiger partial charge in [-0.2, -0.15) is 4.65 Å². The Hall–Kier alpha value is -0.0800. The lowest BCUT2D eigenvalue weighted by Gasteiger charge is -2.29. The molecule has 0 aromatic heterocycles. The molecule has 0 aliphatic carbocycles. The van der Waals surface area contributed by atoms with Gasteiger partial charge in [-0.1, -0.05) is 110 Å². The smallest absolute Gasteiger partial charge is 0.118 e. The molecule has 0 heterocycles. The van der Waals surface area contributed by atoms with Crippen LogP contribution in [0.3, 0.4) is 0 Å². The molecule has 2 heteroatoms. The van der Waals surface area contributed by atoms with Gasteiger partial charge in [0.05, 0.1) is 14.1 Å². The Kier molecular flexibility index (Phi) is 17.3. The van der Waals surface area contributed by atoms with Crippen molar-refractivity contribution in [2.45, 2.75) is 135 Å². The van der Waals surface area contributed by atoms with Gasteiger partial charge >= 0.3 is 0 Å². The van der Waals surface area contributed by atoms with E-state index in [2.05, 4.69) is 13.8 Å². The Morgan fingerprint density at radius 2 is 0.880 bits per heavy atom. The first-order valence-electron chi connectivity index (χ1n) is 11.6. The molecule has 152 valence electrons. The van der Waals surface area contributed by atoms with Crippen molar-refractivity contribution < 1.29 is 9.85 Å². The zero-order valence-corrected chi connectivity index (χ0v) is 18.2. The van der Waals surface area contributed by atoms with E-state index in [1.807, 2.05) is 14.1 Å². The molecule has 0 bridgehead atoms. The molecule has 0 radical (unpaired) electrons. The maximum absolute atomic E-state index is 10.0. The number of hydroxylamine groups is 3. The second-order valence-corrected chi connectivity index (χ2v) is 8.63. The maximum atomic E-state index is 10.0. The highest BCUT2D eigenvalue weighted by Gasteiger charge is 2.23. The van der Waals surface area contributed by atoms with E-state index in [1.54, 1.807) is 0 Å². The monoisotopic (exact) mass is 356 g/mol. The van der Waals surface area contributed by atoms with Crippen LogP contribution < -0.4 is 0 Å². The summed E-state index contributed by atoms with van der Waals surface area (Å²) >= 11 is 0. The molecule has 0 amide bonds. The molecule has 0 saturated heterocycles. The highest BCUT2D eigenvalue weighted by molar-refractivity contribution is 4.55. The summed E-state index contributed by atoms with van der Waals surface area (Å²) < 4.78 is 0.134. The molecule has 1 atom stereocenters. The number of hydrogen-bond donors (Lipinski definition) is 1. The van der Waals surface area contributed by atoms with Gasteiger partial charge in [-0.25, -0.2) is 5.21 Å². The predicted molar refractivity (Wildman–Crippen MR) is 112 cm³/mol. The highest BCUT2D eigenvalue weighted by atomic mass is 16.5. The average molecular weight is 357 g/mol. The van der Waals surface area contributed by atoms with Crippen LogP contribution in [-0.4, -0.2) is 30.0 Å². The molecule has 0 aliphatic heterocycles. The van der Waals surface area contributed by atoms with Gasteiger partial charge in [0.15, 0.2) is 0 Å². The van der Waals surface area contributed by atoms with E-state index in [4.69, 9.17) is 0 Å². The van der Waals surface area contributed by atoms with Gasteiger partial charge in [-0.3, -0.25) is 0 Å². The van der Waals surface area contributed by atoms with Gasteiger partial charge < -0.3 is 0 Å². The maximum Gasteiger partial charge on any atom is 0.118 e. The van der Waals surface area contributed by atoms with Crippen molar-refractivity contribution in [3.8, 4) is 0 Å². The van der Waals surface area contributed by atoms with E-state index in [1.165, 1.54) is 109 Å². The Labute approximate surface area is 159 Å². The molecule has 0 aliphatic rings. The molecular formula is C23H50NO+. The summed E-state index contributed by atoms with van der Waals surface area (Å²) in [6.07, 6.45) is 25.0. The third kappa shape index (κ3) is 17.1. The van der Waals surface area contributed by atoms with Crippen LogP contribution in [0.5, 0.6) is 0 Å². The normalized spacial score (nSPS) is 13.3. The van der Waals surface area contributed by atoms with E-state index in [-0.39, 0.29) is 4.65 Å². The Bertz CT molecular complexity index is 259. The third-order valence-electron chi connectivity index (χ3n) is 5.76. The van der Waals surface area contributed by atoms with Crippen molar-refractivity contribution in [2.75, 3.05) is 14.1 Å². The Morgan fingerprint density at radius 3 is 1.16 bits per heavy atom. The Morgan fingerprint density at radius 1 is 0.560 bits per heavy atom. The van der Waals surface area contributed by atoms with E-state index in [0.29, 0.717) is 6.04 Å². The summed E-state index contributed by atoms with van der Waals surface area (Å²) in [5, 5.41) is 10.0. The molecule has 2 nitrogen and oxygen atoms in total. The summed E-state index contributed by atoms with van der Waals surface area (Å²) in [4.78, 5) is 0. The van der Waals surface area contributed by atoms with E-state index in [9.17, 15) is 5.21 Å². The first-order valence-corrected chi connectivity index (χ1v) is 11.6. The van der Waals surface area contributed by atoms with Crippen LogP contribution in [0.2, 0.25) is 0 Å². The molecule has 0 aromatic carbocycles. The van der Waals surface area contributed by atoms with Crippen LogP contribution in [-0.2, 0) is 0 Å². The summed E-state index contributed by atoms with van der Waals surface area (Å²) in [6.45, 7) is 4.48. The molecule has 0 spiro atoms. The topological polar surface area (TPSA) is 20.2 Å². The van der Waals surface area contributed by atoms with Gasteiger partial charge in [0.1, 0.15) is 6.04 Å². The Balaban J connectivity index is 3.19. The zero-order chi connectivity index (χ0) is 18.8. The first kappa shape index (κ1) is 24.9. The first-order chi connectivity index (χ1) is 12.0. The van der Waals surface area contributed by atoms with Gasteiger partial charge in [-0.15, -0.1) is 0 Å². The van der Waals surface area contributed by atoms with Crippen molar-refractivity contribution in [3.63, 3.8) is 0 Å². The minimum absolute atomic E-state index is 0.134. The second kappa shape index (κ2) is 17.3. The van der Waals surface area contributed by atoms with Gasteiger partial charge in [0.2, 0.25) is 0 Å². The molecule has 1 unspecified atom stereocenters. The lowest BCUT2D eigenvalue weighted by atomic mass is 10.0. The van der Waals surface area contributed by atoms with E-state index < -0.39 is 0 Å². The number of unbranched alkanes of at least 4 members (excludes halogenated alkanes) is 15. The van der Waals surface area contributed by atoms with Crippen LogP contribution in [0, 0.1) is 0 Å². The lowest BCUT2D eigenvalue weighted by molar-refractivity contribution is -1.09. The van der Waals surface area contributed by atoms with Crippen molar-refractivity contribution in [3.05, 3.63) is 0 Å². The molecule has 0 aromatic rings. The standard InChI is InChI=1S/C23H50NO/c1-5-7-8-9-10-11-12-13-14-15-16-17-18-19-20-21-22-23(6-2)24(3,4)25/h23,25H,5-22H2,1-4H3/q+1. The summed E-state index contributed by atoms with van der Waals surface area (Å²) in [5.41, 5.74) is 0. The second-order valence-electron chi connectivity index (χ2n) is 8.63. The van der Waals surface area contributed by atoms with Crippen molar-refractivity contribution in [2.24, 2.45) is 0 Å². The quantitative estimate of drug-likeness (QED) is 0.142. The van der Waals surface area contributed by atoms with Gasteiger partial charge in [0.25, 0.3) is 0 Å². The number of rotatable bonds is 19. The van der Waals surface area contributed by atoms with E-state index in [0.717, 1.165) is 6.42 Å². The van der Waals surface area contributed by atoms with E-state index >= 15 is 0 Å². The minimum Gasteiger partial charge on any atom is -0.217 e. The van der Waals surface area contributed by atoms with Crippen LogP contribution in [0.15, 0.2) is 0 Å². The van der Waals surface area contributed by atoms with Crippen molar-refractivity contribution in [1.82, 2.24) is 0 Å². The lowest BCUT2D eigenvalue weighted by Crippen LogP contribution is -2.45. The average Bonchev–Trinajstić information content (AvgIpc) is 2.56. The number of nitrogens with zero attached hydrogens (tertiary/aromatic N) is 1. The van der Waals surface area contributed by atoms with Crippen LogP contribution in [0.1, 0.15) is 129 Å². The van der Waals surface area contributed by atoms with Crippen LogP contribution >= 0.6 is 0 Å². The molecule has 1 N–H and O–H groups in total. The van der Waals surface area contributed by atoms with Crippen LogP contribution in [0.4, 0.5) is 0 Å². The largest absolute Gasteiger partial charge is 0.217 e. The summed E-state index contributed by atoms with van der Waals surface area (Å²) in [7, 11) is 3.81. The van der Waals surface area contributed by atoms with Gasteiger partial charge in [0, 0.05) is 6.42 Å². The van der Waals surface area contributed by atoms with Crippen molar-refractivity contribution in [1.29, 1.82) is 0 Å². The van der Waals surface area contributed by atoms with Crippen LogP contribution in [0.25, 0.3) is 0 Å². The highest BCUT2D eigenvalue weighted by Crippen LogP contribution is 2.17. The SMILES string of the molecule is CCCCCCCCCCCCCCCCCCC(CC)[N+](C)(C)O. The predicted octanol–water partition coefficient (Wildman–Crippen LogP) is 7.88. The number of quaternary nitrogens is 1.